The second kappa shape index (κ2) is 5.58. The monoisotopic (exact) mass is 241 g/mol. The highest BCUT2D eigenvalue weighted by atomic mass is 16.3. The maximum absolute atomic E-state index is 9.74. The van der Waals surface area contributed by atoms with Crippen LogP contribution in [-0.2, 0) is 13.0 Å². The zero-order valence-electron chi connectivity index (χ0n) is 10.9. The highest BCUT2D eigenvalue weighted by Gasteiger charge is 2.05. The van der Waals surface area contributed by atoms with Gasteiger partial charge in [0.25, 0.3) is 0 Å². The molecule has 0 spiro atoms. The van der Waals surface area contributed by atoms with Gasteiger partial charge in [-0.1, -0.05) is 43.3 Å². The van der Waals surface area contributed by atoms with Crippen LogP contribution in [0.3, 0.4) is 0 Å². The minimum absolute atomic E-state index is 0.344. The molecule has 2 heteroatoms. The van der Waals surface area contributed by atoms with E-state index in [9.17, 15) is 5.11 Å². The van der Waals surface area contributed by atoms with Gasteiger partial charge in [-0.3, -0.25) is 0 Å². The number of aryl methyl sites for hydroxylation is 2. The van der Waals surface area contributed by atoms with E-state index in [0.29, 0.717) is 12.3 Å². The Labute approximate surface area is 108 Å². The minimum atomic E-state index is 0.344. The summed E-state index contributed by atoms with van der Waals surface area (Å²) in [5.41, 5.74) is 4.65. The zero-order chi connectivity index (χ0) is 13.0. The SMILES string of the molecule is CCc1cccc(C)c1NCc1ccccc1O. The van der Waals surface area contributed by atoms with Crippen LogP contribution >= 0.6 is 0 Å². The first kappa shape index (κ1) is 12.5. The lowest BCUT2D eigenvalue weighted by molar-refractivity contribution is 0.469. The van der Waals surface area contributed by atoms with Crippen molar-refractivity contribution in [2.45, 2.75) is 26.8 Å². The molecule has 0 amide bonds. The number of aromatic hydroxyl groups is 1. The Morgan fingerprint density at radius 2 is 1.72 bits per heavy atom. The van der Waals surface area contributed by atoms with Crippen molar-refractivity contribution >= 4 is 5.69 Å². The van der Waals surface area contributed by atoms with Gasteiger partial charge < -0.3 is 10.4 Å². The predicted molar refractivity (Wildman–Crippen MR) is 76.0 cm³/mol. The van der Waals surface area contributed by atoms with E-state index in [-0.39, 0.29) is 0 Å². The fourth-order valence-corrected chi connectivity index (χ4v) is 2.12. The molecule has 0 bridgehead atoms. The third kappa shape index (κ3) is 2.65. The van der Waals surface area contributed by atoms with E-state index in [4.69, 9.17) is 0 Å². The topological polar surface area (TPSA) is 32.3 Å². The first-order valence-corrected chi connectivity index (χ1v) is 6.31. The van der Waals surface area contributed by atoms with E-state index < -0.39 is 0 Å². The number of anilines is 1. The first-order chi connectivity index (χ1) is 8.72. The van der Waals surface area contributed by atoms with Crippen LogP contribution in [0.1, 0.15) is 23.6 Å². The molecule has 2 N–H and O–H groups in total. The third-order valence-corrected chi connectivity index (χ3v) is 3.19. The van der Waals surface area contributed by atoms with Gasteiger partial charge in [-0.15, -0.1) is 0 Å². The molecule has 0 atom stereocenters. The van der Waals surface area contributed by atoms with Gasteiger partial charge in [-0.2, -0.15) is 0 Å². The van der Waals surface area contributed by atoms with Gasteiger partial charge in [0.15, 0.2) is 0 Å². The maximum Gasteiger partial charge on any atom is 0.120 e. The molecule has 0 aliphatic heterocycles. The molecular formula is C16H19NO. The molecule has 0 aliphatic rings. The molecule has 2 nitrogen and oxygen atoms in total. The quantitative estimate of drug-likeness (QED) is 0.851. The molecule has 0 saturated carbocycles. The number of hydrogen-bond donors (Lipinski definition) is 2. The number of rotatable bonds is 4. The average Bonchev–Trinajstić information content (AvgIpc) is 2.39. The molecule has 0 aromatic heterocycles. The molecule has 2 aromatic carbocycles. The third-order valence-electron chi connectivity index (χ3n) is 3.19. The number of para-hydroxylation sites is 2. The van der Waals surface area contributed by atoms with Gasteiger partial charge in [0.1, 0.15) is 5.75 Å². The smallest absolute Gasteiger partial charge is 0.120 e. The van der Waals surface area contributed by atoms with Crippen LogP contribution in [0.25, 0.3) is 0 Å². The summed E-state index contributed by atoms with van der Waals surface area (Å²) in [7, 11) is 0. The summed E-state index contributed by atoms with van der Waals surface area (Å²) in [6, 6.07) is 13.8. The second-order valence-electron chi connectivity index (χ2n) is 4.44. The maximum atomic E-state index is 9.74. The van der Waals surface area contributed by atoms with E-state index in [1.807, 2.05) is 18.2 Å². The number of hydrogen-bond acceptors (Lipinski definition) is 2. The molecule has 18 heavy (non-hydrogen) atoms. The molecule has 0 heterocycles. The molecule has 0 radical (unpaired) electrons. The summed E-state index contributed by atoms with van der Waals surface area (Å²) in [4.78, 5) is 0. The van der Waals surface area contributed by atoms with Crippen LogP contribution in [0.5, 0.6) is 5.75 Å². The van der Waals surface area contributed by atoms with E-state index in [1.54, 1.807) is 6.07 Å². The van der Waals surface area contributed by atoms with Crippen molar-refractivity contribution in [2.75, 3.05) is 5.32 Å². The molecule has 2 rings (SSSR count). The van der Waals surface area contributed by atoms with Gasteiger partial charge in [0.05, 0.1) is 0 Å². The van der Waals surface area contributed by atoms with E-state index in [1.165, 1.54) is 16.8 Å². The Balaban J connectivity index is 2.18. The fraction of sp³-hybridized carbons (Fsp3) is 0.250. The van der Waals surface area contributed by atoms with E-state index in [0.717, 1.165) is 12.0 Å². The van der Waals surface area contributed by atoms with Crippen molar-refractivity contribution in [3.8, 4) is 5.75 Å². The zero-order valence-corrected chi connectivity index (χ0v) is 10.9. The lowest BCUT2D eigenvalue weighted by atomic mass is 10.1. The Kier molecular flexibility index (Phi) is 3.88. The van der Waals surface area contributed by atoms with Crippen molar-refractivity contribution in [3.05, 3.63) is 59.2 Å². The number of nitrogens with one attached hydrogen (secondary N) is 1. The summed E-state index contributed by atoms with van der Waals surface area (Å²) in [6.07, 6.45) is 1.00. The lowest BCUT2D eigenvalue weighted by Gasteiger charge is -2.14. The minimum Gasteiger partial charge on any atom is -0.508 e. The molecule has 0 aliphatic carbocycles. The summed E-state index contributed by atoms with van der Waals surface area (Å²) >= 11 is 0. The summed E-state index contributed by atoms with van der Waals surface area (Å²) < 4.78 is 0. The van der Waals surface area contributed by atoms with Gasteiger partial charge in [0, 0.05) is 17.8 Å². The standard InChI is InChI=1S/C16H19NO/c1-3-13-9-6-7-12(2)16(13)17-11-14-8-4-5-10-15(14)18/h4-10,17-18H,3,11H2,1-2H3. The lowest BCUT2D eigenvalue weighted by Crippen LogP contribution is -2.04. The summed E-state index contributed by atoms with van der Waals surface area (Å²) in [5, 5.41) is 13.2. The number of phenols is 1. The van der Waals surface area contributed by atoms with Crippen LogP contribution in [0.2, 0.25) is 0 Å². The fourth-order valence-electron chi connectivity index (χ4n) is 2.12. The number of benzene rings is 2. The van der Waals surface area contributed by atoms with Gasteiger partial charge in [-0.05, 0) is 30.5 Å². The van der Waals surface area contributed by atoms with Crippen LogP contribution in [0.4, 0.5) is 5.69 Å². The van der Waals surface area contributed by atoms with E-state index in [2.05, 4.69) is 37.4 Å². The number of phenolic OH excluding ortho intramolecular Hbond substituents is 1. The average molecular weight is 241 g/mol. The largest absolute Gasteiger partial charge is 0.508 e. The second-order valence-corrected chi connectivity index (χ2v) is 4.44. The first-order valence-electron chi connectivity index (χ1n) is 6.31. The Hall–Kier alpha value is -1.96. The molecule has 0 unspecified atom stereocenters. The highest BCUT2D eigenvalue weighted by molar-refractivity contribution is 5.57. The normalized spacial score (nSPS) is 10.3. The molecule has 94 valence electrons. The van der Waals surface area contributed by atoms with Crippen molar-refractivity contribution in [1.82, 2.24) is 0 Å². The Bertz CT molecular complexity index is 534. The predicted octanol–water partition coefficient (Wildman–Crippen LogP) is 3.88. The molecule has 0 saturated heterocycles. The Morgan fingerprint density at radius 1 is 1.00 bits per heavy atom. The van der Waals surface area contributed by atoms with Crippen molar-refractivity contribution in [3.63, 3.8) is 0 Å². The Morgan fingerprint density at radius 3 is 2.44 bits per heavy atom. The van der Waals surface area contributed by atoms with Crippen molar-refractivity contribution < 1.29 is 5.11 Å². The summed E-state index contributed by atoms with van der Waals surface area (Å²) in [6.45, 7) is 4.90. The molecular weight excluding hydrogens is 222 g/mol. The van der Waals surface area contributed by atoms with Crippen LogP contribution in [0.15, 0.2) is 42.5 Å². The van der Waals surface area contributed by atoms with Crippen LogP contribution < -0.4 is 5.32 Å². The van der Waals surface area contributed by atoms with Crippen molar-refractivity contribution in [2.24, 2.45) is 0 Å². The van der Waals surface area contributed by atoms with Gasteiger partial charge >= 0.3 is 0 Å². The van der Waals surface area contributed by atoms with Gasteiger partial charge in [-0.25, -0.2) is 0 Å². The van der Waals surface area contributed by atoms with Crippen LogP contribution in [0, 0.1) is 6.92 Å². The van der Waals surface area contributed by atoms with E-state index >= 15 is 0 Å². The summed E-state index contributed by atoms with van der Waals surface area (Å²) in [5.74, 6) is 0.344. The van der Waals surface area contributed by atoms with Gasteiger partial charge in [0.2, 0.25) is 0 Å². The highest BCUT2D eigenvalue weighted by Crippen LogP contribution is 2.23. The van der Waals surface area contributed by atoms with Crippen LogP contribution in [-0.4, -0.2) is 5.11 Å². The van der Waals surface area contributed by atoms with Crippen molar-refractivity contribution in [1.29, 1.82) is 0 Å². The molecule has 2 aromatic rings. The molecule has 0 fully saturated rings.